The molecule has 0 saturated heterocycles. The predicted octanol–water partition coefficient (Wildman–Crippen LogP) is 4.91. The number of aryl methyl sites for hydroxylation is 1. The summed E-state index contributed by atoms with van der Waals surface area (Å²) in [6, 6.07) is 15.4. The molecule has 1 heterocycles. The highest BCUT2D eigenvalue weighted by Crippen LogP contribution is 2.33. The van der Waals surface area contributed by atoms with Gasteiger partial charge in [0.25, 0.3) is 5.91 Å². The van der Waals surface area contributed by atoms with Gasteiger partial charge in [0.05, 0.1) is 19.8 Å². The summed E-state index contributed by atoms with van der Waals surface area (Å²) in [5.41, 5.74) is 3.77. The van der Waals surface area contributed by atoms with Crippen molar-refractivity contribution in [3.05, 3.63) is 65.7 Å². The maximum atomic E-state index is 12.6. The van der Waals surface area contributed by atoms with E-state index < -0.39 is 5.91 Å². The van der Waals surface area contributed by atoms with Gasteiger partial charge < -0.3 is 24.3 Å². The minimum Gasteiger partial charge on any atom is -0.507 e. The lowest BCUT2D eigenvalue weighted by Gasteiger charge is -2.12. The summed E-state index contributed by atoms with van der Waals surface area (Å²) >= 11 is 5.29. The van der Waals surface area contributed by atoms with E-state index in [0.29, 0.717) is 39.4 Å². The molecule has 3 N–H and O–H groups in total. The van der Waals surface area contributed by atoms with Crippen molar-refractivity contribution in [2.24, 2.45) is 0 Å². The predicted molar refractivity (Wildman–Crippen MR) is 134 cm³/mol. The quantitative estimate of drug-likeness (QED) is 0.266. The number of thiocarbonyl (C=S) groups is 1. The number of nitrogens with one attached hydrogen (secondary N) is 2. The third-order valence-corrected chi connectivity index (χ3v) is 5.42. The first kappa shape index (κ1) is 23.1. The molecule has 3 aromatic carbocycles. The SMILES string of the molecule is CCc1ccc2oc(-c3cc(NC(=S)NC(=O)c4ccc(OC)c(OC)c4)ccc3O)nc2c1. The monoisotopic (exact) mass is 477 g/mol. The van der Waals surface area contributed by atoms with Crippen molar-refractivity contribution in [2.75, 3.05) is 19.5 Å². The lowest BCUT2D eigenvalue weighted by atomic mass is 10.1. The van der Waals surface area contributed by atoms with Gasteiger partial charge in [-0.15, -0.1) is 0 Å². The molecule has 8 nitrogen and oxygen atoms in total. The van der Waals surface area contributed by atoms with Gasteiger partial charge in [-0.3, -0.25) is 10.1 Å². The molecule has 1 aromatic heterocycles. The van der Waals surface area contributed by atoms with Crippen molar-refractivity contribution < 1.29 is 23.8 Å². The molecule has 0 bridgehead atoms. The number of carbonyl (C=O) groups excluding carboxylic acids is 1. The Morgan fingerprint density at radius 2 is 1.85 bits per heavy atom. The van der Waals surface area contributed by atoms with E-state index in [1.165, 1.54) is 20.3 Å². The van der Waals surface area contributed by atoms with Crippen molar-refractivity contribution >= 4 is 40.0 Å². The molecular formula is C25H23N3O5S. The van der Waals surface area contributed by atoms with Crippen LogP contribution in [0.4, 0.5) is 5.69 Å². The number of phenols is 1. The Hall–Kier alpha value is -4.11. The van der Waals surface area contributed by atoms with Gasteiger partial charge in [0.15, 0.2) is 22.2 Å². The molecule has 0 unspecified atom stereocenters. The molecular weight excluding hydrogens is 454 g/mol. The average Bonchev–Trinajstić information content (AvgIpc) is 3.27. The number of anilines is 1. The number of phenolic OH excluding ortho intramolecular Hbond substituents is 1. The number of rotatable bonds is 6. The maximum absolute atomic E-state index is 12.6. The molecule has 1 amide bonds. The van der Waals surface area contributed by atoms with E-state index in [2.05, 4.69) is 22.5 Å². The lowest BCUT2D eigenvalue weighted by Crippen LogP contribution is -2.34. The molecule has 4 aromatic rings. The van der Waals surface area contributed by atoms with Gasteiger partial charge >= 0.3 is 0 Å². The number of fused-ring (bicyclic) bond motifs is 1. The lowest BCUT2D eigenvalue weighted by molar-refractivity contribution is 0.0977. The molecule has 34 heavy (non-hydrogen) atoms. The van der Waals surface area contributed by atoms with E-state index in [1.54, 1.807) is 30.3 Å². The fourth-order valence-electron chi connectivity index (χ4n) is 3.41. The van der Waals surface area contributed by atoms with Crippen LogP contribution in [0, 0.1) is 0 Å². The van der Waals surface area contributed by atoms with E-state index in [4.69, 9.17) is 26.1 Å². The Labute approximate surface area is 201 Å². The number of aromatic nitrogens is 1. The Balaban J connectivity index is 1.51. The summed E-state index contributed by atoms with van der Waals surface area (Å²) in [7, 11) is 3.01. The van der Waals surface area contributed by atoms with E-state index in [1.807, 2.05) is 18.2 Å². The largest absolute Gasteiger partial charge is 0.507 e. The number of oxazole rings is 1. The van der Waals surface area contributed by atoms with E-state index in [-0.39, 0.29) is 16.8 Å². The van der Waals surface area contributed by atoms with Crippen LogP contribution in [0.15, 0.2) is 59.0 Å². The molecule has 9 heteroatoms. The topological polar surface area (TPSA) is 106 Å². The molecule has 0 aliphatic heterocycles. The van der Waals surface area contributed by atoms with Gasteiger partial charge in [-0.1, -0.05) is 13.0 Å². The first-order valence-electron chi connectivity index (χ1n) is 10.5. The second-order valence-electron chi connectivity index (χ2n) is 7.38. The summed E-state index contributed by atoms with van der Waals surface area (Å²) in [5, 5.41) is 16.0. The molecule has 174 valence electrons. The summed E-state index contributed by atoms with van der Waals surface area (Å²) in [6.07, 6.45) is 0.884. The second-order valence-corrected chi connectivity index (χ2v) is 7.79. The van der Waals surface area contributed by atoms with E-state index in [9.17, 15) is 9.90 Å². The van der Waals surface area contributed by atoms with Crippen LogP contribution < -0.4 is 20.1 Å². The number of methoxy groups -OCH3 is 2. The fourth-order valence-corrected chi connectivity index (χ4v) is 3.62. The van der Waals surface area contributed by atoms with Crippen LogP contribution in [0.1, 0.15) is 22.8 Å². The van der Waals surface area contributed by atoms with Crippen molar-refractivity contribution in [3.63, 3.8) is 0 Å². The van der Waals surface area contributed by atoms with Crippen LogP contribution in [0.2, 0.25) is 0 Å². The molecule has 4 rings (SSSR count). The minimum atomic E-state index is -0.414. The number of aromatic hydroxyl groups is 1. The van der Waals surface area contributed by atoms with Gasteiger partial charge in [0.1, 0.15) is 11.3 Å². The molecule has 0 fully saturated rings. The number of nitrogens with zero attached hydrogens (tertiary/aromatic N) is 1. The highest BCUT2D eigenvalue weighted by atomic mass is 32.1. The molecule has 0 saturated carbocycles. The summed E-state index contributed by atoms with van der Waals surface area (Å²) < 4.78 is 16.3. The first-order valence-corrected chi connectivity index (χ1v) is 10.9. The zero-order valence-corrected chi connectivity index (χ0v) is 19.7. The standard InChI is InChI=1S/C25H23N3O5S/c1-4-14-5-9-20-18(11-14)27-24(33-20)17-13-16(7-8-19(17)29)26-25(34)28-23(30)15-6-10-21(31-2)22(12-15)32-3/h5-13,29H,4H2,1-3H3,(H2,26,28,30,34). The van der Waals surface area contributed by atoms with Crippen LogP contribution in [0.3, 0.4) is 0 Å². The molecule has 0 radical (unpaired) electrons. The van der Waals surface area contributed by atoms with Gasteiger partial charge in [-0.05, 0) is 72.7 Å². The number of carbonyl (C=O) groups is 1. The Morgan fingerprint density at radius 1 is 1.06 bits per heavy atom. The summed E-state index contributed by atoms with van der Waals surface area (Å²) in [6.45, 7) is 2.07. The Morgan fingerprint density at radius 3 is 2.59 bits per heavy atom. The van der Waals surface area contributed by atoms with Crippen LogP contribution in [-0.4, -0.2) is 35.3 Å². The van der Waals surface area contributed by atoms with Gasteiger partial charge in [-0.2, -0.15) is 0 Å². The smallest absolute Gasteiger partial charge is 0.257 e. The number of ether oxygens (including phenoxy) is 2. The fraction of sp³-hybridized carbons (Fsp3) is 0.160. The third-order valence-electron chi connectivity index (χ3n) is 5.22. The van der Waals surface area contributed by atoms with Crippen molar-refractivity contribution in [1.82, 2.24) is 10.3 Å². The zero-order chi connectivity index (χ0) is 24.2. The maximum Gasteiger partial charge on any atom is 0.257 e. The number of hydrogen-bond acceptors (Lipinski definition) is 7. The second kappa shape index (κ2) is 9.80. The van der Waals surface area contributed by atoms with Crippen LogP contribution >= 0.6 is 12.2 Å². The zero-order valence-electron chi connectivity index (χ0n) is 18.8. The van der Waals surface area contributed by atoms with Crippen LogP contribution in [0.25, 0.3) is 22.6 Å². The number of amides is 1. The van der Waals surface area contributed by atoms with Crippen LogP contribution in [-0.2, 0) is 6.42 Å². The van der Waals surface area contributed by atoms with Gasteiger partial charge in [0, 0.05) is 11.3 Å². The van der Waals surface area contributed by atoms with E-state index in [0.717, 1.165) is 12.0 Å². The van der Waals surface area contributed by atoms with E-state index >= 15 is 0 Å². The first-order chi connectivity index (χ1) is 16.4. The minimum absolute atomic E-state index is 0.00750. The third kappa shape index (κ3) is 4.79. The molecule has 0 aliphatic carbocycles. The Bertz CT molecular complexity index is 1380. The van der Waals surface area contributed by atoms with Crippen LogP contribution in [0.5, 0.6) is 17.2 Å². The average molecular weight is 478 g/mol. The van der Waals surface area contributed by atoms with Crippen molar-refractivity contribution in [3.8, 4) is 28.7 Å². The molecule has 0 atom stereocenters. The number of benzene rings is 3. The number of hydrogen-bond donors (Lipinski definition) is 3. The summed E-state index contributed by atoms with van der Waals surface area (Å²) in [4.78, 5) is 17.1. The van der Waals surface area contributed by atoms with Gasteiger partial charge in [-0.25, -0.2) is 4.98 Å². The molecule has 0 spiro atoms. The summed E-state index contributed by atoms with van der Waals surface area (Å²) in [5.74, 6) is 0.823. The molecule has 0 aliphatic rings. The highest BCUT2D eigenvalue weighted by Gasteiger charge is 2.15. The van der Waals surface area contributed by atoms with Crippen molar-refractivity contribution in [2.45, 2.75) is 13.3 Å². The van der Waals surface area contributed by atoms with Crippen molar-refractivity contribution in [1.29, 1.82) is 0 Å². The normalized spacial score (nSPS) is 10.7. The van der Waals surface area contributed by atoms with Gasteiger partial charge in [0.2, 0.25) is 5.89 Å². The highest BCUT2D eigenvalue weighted by molar-refractivity contribution is 7.80. The Kier molecular flexibility index (Phi) is 6.65.